The zero-order chi connectivity index (χ0) is 30.2. The van der Waals surface area contributed by atoms with E-state index < -0.39 is 18.1 Å². The Hall–Kier alpha value is -3.22. The van der Waals surface area contributed by atoms with Gasteiger partial charge in [-0.3, -0.25) is 9.59 Å². The van der Waals surface area contributed by atoms with Crippen LogP contribution in [0.15, 0.2) is 24.3 Å². The Morgan fingerprint density at radius 2 is 1.93 bits per heavy atom. The Balaban J connectivity index is 1.67. The molecule has 0 bridgehead atoms. The van der Waals surface area contributed by atoms with Crippen molar-refractivity contribution in [2.45, 2.75) is 45.6 Å². The zero-order valence-electron chi connectivity index (χ0n) is 24.6. The molecular formula is C29H41ClN6O6. The second-order valence-corrected chi connectivity index (χ2v) is 11.7. The Morgan fingerprint density at radius 1 is 1.17 bits per heavy atom. The van der Waals surface area contributed by atoms with Crippen molar-refractivity contribution in [3.05, 3.63) is 40.7 Å². The minimum Gasteiger partial charge on any atom is -0.465 e. The van der Waals surface area contributed by atoms with Crippen LogP contribution in [0.25, 0.3) is 5.69 Å². The molecule has 0 saturated carbocycles. The summed E-state index contributed by atoms with van der Waals surface area (Å²) in [6.45, 7) is 7.05. The number of piperidine rings is 1. The first-order chi connectivity index (χ1) is 20.2. The largest absolute Gasteiger partial charge is 0.465 e. The third-order valence-electron chi connectivity index (χ3n) is 7.67. The average Bonchev–Trinajstić information content (AvgIpc) is 3.41. The van der Waals surface area contributed by atoms with Crippen LogP contribution in [0.1, 0.15) is 49.3 Å². The first kappa shape index (κ1) is 31.7. The summed E-state index contributed by atoms with van der Waals surface area (Å²) in [7, 11) is 1.65. The van der Waals surface area contributed by atoms with Gasteiger partial charge < -0.3 is 29.3 Å². The van der Waals surface area contributed by atoms with Crippen molar-refractivity contribution < 1.29 is 29.0 Å². The summed E-state index contributed by atoms with van der Waals surface area (Å²) in [6.07, 6.45) is 1.33. The number of nitrogens with zero attached hydrogens (tertiary/aromatic N) is 6. The summed E-state index contributed by atoms with van der Waals surface area (Å²) < 4.78 is 12.3. The molecule has 13 heteroatoms. The lowest BCUT2D eigenvalue weighted by atomic mass is 9.91. The molecule has 1 N–H and O–H groups in total. The van der Waals surface area contributed by atoms with Gasteiger partial charge in [-0.05, 0) is 49.8 Å². The fourth-order valence-corrected chi connectivity index (χ4v) is 5.83. The molecule has 2 aliphatic rings. The van der Waals surface area contributed by atoms with Gasteiger partial charge in [-0.25, -0.2) is 9.48 Å². The SMILES string of the molecule is COCCCCc1c(C(=O)N(CC(C)C)[C@H]2C[C@@H](C(=O)N3CCOCC3)CN(C(=O)O)C2)nnn1-c1cccc(Cl)c1. The highest BCUT2D eigenvalue weighted by atomic mass is 35.5. The van der Waals surface area contributed by atoms with Crippen molar-refractivity contribution in [2.75, 3.05) is 59.7 Å². The number of methoxy groups -OCH3 is 1. The van der Waals surface area contributed by atoms with E-state index >= 15 is 0 Å². The number of hydrogen-bond acceptors (Lipinski definition) is 7. The number of ether oxygens (including phenoxy) is 2. The van der Waals surface area contributed by atoms with E-state index in [0.29, 0.717) is 68.7 Å². The van der Waals surface area contributed by atoms with Crippen molar-refractivity contribution in [1.29, 1.82) is 0 Å². The molecule has 3 heterocycles. The molecule has 2 saturated heterocycles. The number of benzene rings is 1. The van der Waals surface area contributed by atoms with Crippen LogP contribution in [-0.4, -0.2) is 118 Å². The summed E-state index contributed by atoms with van der Waals surface area (Å²) >= 11 is 6.26. The van der Waals surface area contributed by atoms with E-state index in [1.807, 2.05) is 26.0 Å². The highest BCUT2D eigenvalue weighted by molar-refractivity contribution is 6.30. The van der Waals surface area contributed by atoms with Gasteiger partial charge in [0.1, 0.15) is 0 Å². The lowest BCUT2D eigenvalue weighted by Crippen LogP contribution is -2.58. The van der Waals surface area contributed by atoms with E-state index in [2.05, 4.69) is 10.3 Å². The third kappa shape index (κ3) is 7.78. The van der Waals surface area contributed by atoms with Crippen LogP contribution in [0.3, 0.4) is 0 Å². The number of hydrogen-bond donors (Lipinski definition) is 1. The standard InChI is InChI=1S/C29H41ClN6O6/c1-20(2)17-35(24-15-21(18-34(19-24)29(39)40)27(37)33-10-13-42-14-11-33)28(38)26-25(9-4-5-12-41-3)36(32-31-26)23-8-6-7-22(30)16-23/h6-8,16,20-21,24H,4-5,9-15,17-19H2,1-3H3,(H,39,40)/t21-,24+/m1/s1. The minimum atomic E-state index is -1.11. The van der Waals surface area contributed by atoms with Crippen LogP contribution in [0.5, 0.6) is 0 Å². The van der Waals surface area contributed by atoms with E-state index in [1.54, 1.807) is 33.7 Å². The first-order valence-corrected chi connectivity index (χ1v) is 14.9. The molecule has 0 aliphatic carbocycles. The number of aromatic nitrogens is 3. The van der Waals surface area contributed by atoms with Gasteiger partial charge in [0.15, 0.2) is 5.69 Å². The number of carbonyl (C=O) groups excluding carboxylic acids is 2. The van der Waals surface area contributed by atoms with E-state index in [9.17, 15) is 19.5 Å². The maximum absolute atomic E-state index is 14.3. The summed E-state index contributed by atoms with van der Waals surface area (Å²) in [5.74, 6) is -0.891. The number of rotatable bonds is 11. The molecule has 1 aromatic carbocycles. The summed E-state index contributed by atoms with van der Waals surface area (Å²) in [5.41, 5.74) is 1.56. The maximum Gasteiger partial charge on any atom is 0.407 e. The highest BCUT2D eigenvalue weighted by Crippen LogP contribution is 2.27. The maximum atomic E-state index is 14.3. The Labute approximate surface area is 251 Å². The van der Waals surface area contributed by atoms with Gasteiger partial charge in [0, 0.05) is 51.5 Å². The Morgan fingerprint density at radius 3 is 2.60 bits per heavy atom. The fourth-order valence-electron chi connectivity index (χ4n) is 5.65. The number of carboxylic acid groups (broad SMARTS) is 1. The van der Waals surface area contributed by atoms with Crippen molar-refractivity contribution in [2.24, 2.45) is 11.8 Å². The highest BCUT2D eigenvalue weighted by Gasteiger charge is 2.41. The topological polar surface area (TPSA) is 130 Å². The van der Waals surface area contributed by atoms with Gasteiger partial charge in [0.2, 0.25) is 5.91 Å². The van der Waals surface area contributed by atoms with Crippen LogP contribution in [0, 0.1) is 11.8 Å². The normalized spacial score (nSPS) is 19.3. The van der Waals surface area contributed by atoms with E-state index in [0.717, 1.165) is 12.8 Å². The molecule has 3 amide bonds. The summed E-state index contributed by atoms with van der Waals surface area (Å²) in [4.78, 5) is 44.7. The zero-order valence-corrected chi connectivity index (χ0v) is 25.3. The Kier molecular flexibility index (Phi) is 11.2. The fraction of sp³-hybridized carbons (Fsp3) is 0.621. The monoisotopic (exact) mass is 604 g/mol. The van der Waals surface area contributed by atoms with E-state index in [1.165, 1.54) is 4.90 Å². The molecule has 2 fully saturated rings. The molecule has 0 spiro atoms. The van der Waals surface area contributed by atoms with Crippen LogP contribution >= 0.6 is 11.6 Å². The smallest absolute Gasteiger partial charge is 0.407 e. The number of unbranched alkanes of at least 4 members (excludes halogenated alkanes) is 1. The van der Waals surface area contributed by atoms with Gasteiger partial charge in [-0.2, -0.15) is 0 Å². The second kappa shape index (κ2) is 14.8. The summed E-state index contributed by atoms with van der Waals surface area (Å²) in [6, 6.07) is 6.70. The molecular weight excluding hydrogens is 564 g/mol. The molecule has 0 unspecified atom stereocenters. The van der Waals surface area contributed by atoms with Gasteiger partial charge in [-0.15, -0.1) is 5.10 Å². The Bertz CT molecular complexity index is 1230. The molecule has 2 atom stereocenters. The lowest BCUT2D eigenvalue weighted by Gasteiger charge is -2.43. The molecule has 2 aromatic rings. The third-order valence-corrected chi connectivity index (χ3v) is 7.90. The molecule has 0 radical (unpaired) electrons. The minimum absolute atomic E-state index is 0.0932. The molecule has 230 valence electrons. The summed E-state index contributed by atoms with van der Waals surface area (Å²) in [5, 5.41) is 19.2. The molecule has 4 rings (SSSR count). The average molecular weight is 605 g/mol. The second-order valence-electron chi connectivity index (χ2n) is 11.3. The molecule has 12 nitrogen and oxygen atoms in total. The van der Waals surface area contributed by atoms with Gasteiger partial charge in [0.25, 0.3) is 5.91 Å². The predicted octanol–water partition coefficient (Wildman–Crippen LogP) is 3.22. The van der Waals surface area contributed by atoms with Gasteiger partial charge in [0.05, 0.1) is 36.6 Å². The number of likely N-dealkylation sites (tertiary alicyclic amines) is 1. The number of amides is 3. The van der Waals surface area contributed by atoms with Gasteiger partial charge in [-0.1, -0.05) is 36.7 Å². The van der Waals surface area contributed by atoms with Crippen LogP contribution in [-0.2, 0) is 20.7 Å². The van der Waals surface area contributed by atoms with E-state index in [-0.39, 0.29) is 36.5 Å². The molecule has 42 heavy (non-hydrogen) atoms. The lowest BCUT2D eigenvalue weighted by molar-refractivity contribution is -0.142. The van der Waals surface area contributed by atoms with Crippen molar-refractivity contribution in [1.82, 2.24) is 29.7 Å². The quantitative estimate of drug-likeness (QED) is 0.387. The van der Waals surface area contributed by atoms with Crippen LogP contribution in [0.2, 0.25) is 5.02 Å². The number of morpholine rings is 1. The number of carbonyl (C=O) groups is 3. The molecule has 1 aromatic heterocycles. The number of halogens is 1. The van der Waals surface area contributed by atoms with E-state index in [4.69, 9.17) is 21.1 Å². The van der Waals surface area contributed by atoms with Crippen molar-refractivity contribution in [3.8, 4) is 5.69 Å². The molecule has 2 aliphatic heterocycles. The first-order valence-electron chi connectivity index (χ1n) is 14.5. The van der Waals surface area contributed by atoms with Crippen LogP contribution < -0.4 is 0 Å². The van der Waals surface area contributed by atoms with Crippen molar-refractivity contribution >= 4 is 29.5 Å². The van der Waals surface area contributed by atoms with Gasteiger partial charge >= 0.3 is 6.09 Å². The van der Waals surface area contributed by atoms with Crippen LogP contribution in [0.4, 0.5) is 4.79 Å². The predicted molar refractivity (Wildman–Crippen MR) is 156 cm³/mol. The van der Waals surface area contributed by atoms with Crippen molar-refractivity contribution in [3.63, 3.8) is 0 Å².